The molecule has 0 spiro atoms. The van der Waals surface area contributed by atoms with E-state index in [1.807, 2.05) is 30.3 Å². The van der Waals surface area contributed by atoms with Crippen molar-refractivity contribution in [3.8, 4) is 0 Å². The van der Waals surface area contributed by atoms with Gasteiger partial charge < -0.3 is 10.1 Å². The molecule has 0 aliphatic carbocycles. The predicted octanol–water partition coefficient (Wildman–Crippen LogP) is 3.05. The van der Waals surface area contributed by atoms with Crippen LogP contribution in [0.15, 0.2) is 48.5 Å². The second kappa shape index (κ2) is 8.94. The Morgan fingerprint density at radius 1 is 1.30 bits per heavy atom. The average molecular weight is 390 g/mol. The predicted molar refractivity (Wildman–Crippen MR) is 102 cm³/mol. The SMILES string of the molecule is O=C(NCCN1CCOC(c2ccccc2)C1)c1ccc(Cl)c([N+](=O)[O-])c1. The molecule has 0 radical (unpaired) electrons. The first-order valence-electron chi connectivity index (χ1n) is 8.65. The monoisotopic (exact) mass is 389 g/mol. The Hall–Kier alpha value is -2.48. The van der Waals surface area contributed by atoms with Gasteiger partial charge in [-0.1, -0.05) is 41.9 Å². The Balaban J connectivity index is 1.51. The van der Waals surface area contributed by atoms with Crippen LogP contribution in [-0.2, 0) is 4.74 Å². The van der Waals surface area contributed by atoms with Crippen molar-refractivity contribution in [2.75, 3.05) is 32.8 Å². The van der Waals surface area contributed by atoms with Crippen LogP contribution in [-0.4, -0.2) is 48.5 Å². The Bertz CT molecular complexity index is 816. The summed E-state index contributed by atoms with van der Waals surface area (Å²) in [6, 6.07) is 14.1. The molecule has 1 N–H and O–H groups in total. The molecular formula is C19H20ClN3O4. The van der Waals surface area contributed by atoms with Gasteiger partial charge in [-0.3, -0.25) is 19.8 Å². The van der Waals surface area contributed by atoms with Crippen molar-refractivity contribution >= 4 is 23.2 Å². The number of carbonyl (C=O) groups is 1. The number of morpholine rings is 1. The maximum absolute atomic E-state index is 12.2. The van der Waals surface area contributed by atoms with E-state index < -0.39 is 4.92 Å². The summed E-state index contributed by atoms with van der Waals surface area (Å²) < 4.78 is 5.83. The van der Waals surface area contributed by atoms with Crippen LogP contribution in [0.2, 0.25) is 5.02 Å². The number of nitro benzene ring substituents is 1. The highest BCUT2D eigenvalue weighted by Gasteiger charge is 2.22. The molecule has 1 amide bonds. The van der Waals surface area contributed by atoms with E-state index in [4.69, 9.17) is 16.3 Å². The average Bonchev–Trinajstić information content (AvgIpc) is 2.69. The van der Waals surface area contributed by atoms with Gasteiger partial charge in [-0.25, -0.2) is 0 Å². The van der Waals surface area contributed by atoms with E-state index in [0.29, 0.717) is 19.7 Å². The first kappa shape index (κ1) is 19.3. The van der Waals surface area contributed by atoms with Crippen molar-refractivity contribution in [2.45, 2.75) is 6.10 Å². The maximum Gasteiger partial charge on any atom is 0.288 e. The van der Waals surface area contributed by atoms with Crippen LogP contribution >= 0.6 is 11.6 Å². The number of nitro groups is 1. The zero-order valence-corrected chi connectivity index (χ0v) is 15.4. The van der Waals surface area contributed by atoms with Gasteiger partial charge in [0.25, 0.3) is 11.6 Å². The van der Waals surface area contributed by atoms with Crippen molar-refractivity contribution in [3.63, 3.8) is 0 Å². The number of nitrogens with zero attached hydrogens (tertiary/aromatic N) is 2. The highest BCUT2D eigenvalue weighted by Crippen LogP contribution is 2.25. The number of benzene rings is 2. The van der Waals surface area contributed by atoms with Gasteiger partial charge in [0.15, 0.2) is 0 Å². The summed E-state index contributed by atoms with van der Waals surface area (Å²) in [5.74, 6) is -0.359. The minimum atomic E-state index is -0.601. The van der Waals surface area contributed by atoms with Crippen molar-refractivity contribution in [2.24, 2.45) is 0 Å². The zero-order chi connectivity index (χ0) is 19.2. The molecule has 3 rings (SSSR count). The molecule has 7 nitrogen and oxygen atoms in total. The normalized spacial score (nSPS) is 17.4. The second-order valence-corrected chi connectivity index (χ2v) is 6.66. The van der Waals surface area contributed by atoms with E-state index in [1.54, 1.807) is 0 Å². The van der Waals surface area contributed by atoms with Gasteiger partial charge in [0.2, 0.25) is 0 Å². The molecule has 1 saturated heterocycles. The van der Waals surface area contributed by atoms with Gasteiger partial charge >= 0.3 is 0 Å². The number of hydrogen-bond acceptors (Lipinski definition) is 5. The molecule has 27 heavy (non-hydrogen) atoms. The molecule has 2 aromatic carbocycles. The lowest BCUT2D eigenvalue weighted by atomic mass is 10.1. The lowest BCUT2D eigenvalue weighted by Crippen LogP contribution is -2.42. The molecule has 1 unspecified atom stereocenters. The molecule has 8 heteroatoms. The van der Waals surface area contributed by atoms with Crippen molar-refractivity contribution in [1.29, 1.82) is 0 Å². The van der Waals surface area contributed by atoms with Gasteiger partial charge in [0.05, 0.1) is 17.6 Å². The minimum absolute atomic E-state index is 0.0109. The summed E-state index contributed by atoms with van der Waals surface area (Å²) in [5.41, 5.74) is 1.08. The Labute approximate surface area is 162 Å². The lowest BCUT2D eigenvalue weighted by molar-refractivity contribution is -0.384. The summed E-state index contributed by atoms with van der Waals surface area (Å²) in [7, 11) is 0. The maximum atomic E-state index is 12.2. The van der Waals surface area contributed by atoms with Gasteiger partial charge in [0, 0.05) is 37.8 Å². The Morgan fingerprint density at radius 2 is 2.07 bits per heavy atom. The van der Waals surface area contributed by atoms with Crippen molar-refractivity contribution < 1.29 is 14.5 Å². The summed E-state index contributed by atoms with van der Waals surface area (Å²) in [4.78, 5) is 24.8. The first-order valence-corrected chi connectivity index (χ1v) is 9.03. The molecule has 1 heterocycles. The molecule has 0 saturated carbocycles. The topological polar surface area (TPSA) is 84.7 Å². The van der Waals surface area contributed by atoms with Crippen LogP contribution in [0.5, 0.6) is 0 Å². The standard InChI is InChI=1S/C19H20ClN3O4/c20-16-7-6-15(12-17(16)23(25)26)19(24)21-8-9-22-10-11-27-18(13-22)14-4-2-1-3-5-14/h1-7,12,18H,8-11,13H2,(H,21,24). The number of hydrogen-bond donors (Lipinski definition) is 1. The second-order valence-electron chi connectivity index (χ2n) is 6.25. The van der Waals surface area contributed by atoms with E-state index >= 15 is 0 Å². The van der Waals surface area contributed by atoms with E-state index in [0.717, 1.165) is 18.7 Å². The highest BCUT2D eigenvalue weighted by molar-refractivity contribution is 6.32. The quantitative estimate of drug-likeness (QED) is 0.606. The van der Waals surface area contributed by atoms with Crippen LogP contribution < -0.4 is 5.32 Å². The fraction of sp³-hybridized carbons (Fsp3) is 0.316. The van der Waals surface area contributed by atoms with Crippen molar-refractivity contribution in [3.05, 3.63) is 74.8 Å². The van der Waals surface area contributed by atoms with E-state index in [-0.39, 0.29) is 28.3 Å². The van der Waals surface area contributed by atoms with Gasteiger partial charge in [-0.15, -0.1) is 0 Å². The number of carbonyl (C=O) groups excluding carboxylic acids is 1. The third-order valence-electron chi connectivity index (χ3n) is 4.44. The Morgan fingerprint density at radius 3 is 2.81 bits per heavy atom. The largest absolute Gasteiger partial charge is 0.371 e. The summed E-state index contributed by atoms with van der Waals surface area (Å²) in [5, 5.41) is 13.7. The summed E-state index contributed by atoms with van der Waals surface area (Å²) in [6.07, 6.45) is 0.0227. The van der Waals surface area contributed by atoms with Crippen LogP contribution in [0.25, 0.3) is 0 Å². The molecule has 2 aromatic rings. The van der Waals surface area contributed by atoms with Gasteiger partial charge in [-0.2, -0.15) is 0 Å². The fourth-order valence-electron chi connectivity index (χ4n) is 3.00. The smallest absolute Gasteiger partial charge is 0.288 e. The first-order chi connectivity index (χ1) is 13.0. The number of ether oxygens (including phenoxy) is 1. The highest BCUT2D eigenvalue weighted by atomic mass is 35.5. The lowest BCUT2D eigenvalue weighted by Gasteiger charge is -2.33. The summed E-state index contributed by atoms with van der Waals surface area (Å²) >= 11 is 5.77. The number of amides is 1. The molecule has 1 fully saturated rings. The third-order valence-corrected chi connectivity index (χ3v) is 4.76. The molecule has 0 bridgehead atoms. The van der Waals surface area contributed by atoms with Crippen LogP contribution in [0.4, 0.5) is 5.69 Å². The Kier molecular flexibility index (Phi) is 6.39. The fourth-order valence-corrected chi connectivity index (χ4v) is 3.18. The molecular weight excluding hydrogens is 370 g/mol. The van der Waals surface area contributed by atoms with Crippen LogP contribution in [0, 0.1) is 10.1 Å². The van der Waals surface area contributed by atoms with E-state index in [9.17, 15) is 14.9 Å². The van der Waals surface area contributed by atoms with E-state index in [2.05, 4.69) is 10.2 Å². The third kappa shape index (κ3) is 5.03. The molecule has 1 aliphatic heterocycles. The van der Waals surface area contributed by atoms with Crippen LogP contribution in [0.3, 0.4) is 0 Å². The van der Waals surface area contributed by atoms with Crippen molar-refractivity contribution in [1.82, 2.24) is 10.2 Å². The van der Waals surface area contributed by atoms with Gasteiger partial charge in [-0.05, 0) is 17.7 Å². The minimum Gasteiger partial charge on any atom is -0.371 e. The molecule has 1 atom stereocenters. The molecule has 1 aliphatic rings. The number of rotatable bonds is 6. The molecule has 142 valence electrons. The number of halogens is 1. The van der Waals surface area contributed by atoms with Crippen LogP contribution in [0.1, 0.15) is 22.0 Å². The van der Waals surface area contributed by atoms with E-state index in [1.165, 1.54) is 18.2 Å². The number of nitrogens with one attached hydrogen (secondary N) is 1. The zero-order valence-electron chi connectivity index (χ0n) is 14.6. The molecule has 0 aromatic heterocycles. The van der Waals surface area contributed by atoms with Gasteiger partial charge in [0.1, 0.15) is 5.02 Å². The summed E-state index contributed by atoms with van der Waals surface area (Å²) in [6.45, 7) is 3.31.